The average Bonchev–Trinajstić information content (AvgIpc) is 3.48. The Balaban J connectivity index is 1.53. The third kappa shape index (κ3) is 3.57. The smallest absolute Gasteiger partial charge is 0.0811 e. The fraction of sp³-hybridized carbons (Fsp3) is 0.360. The first kappa shape index (κ1) is 18.7. The maximum absolute atomic E-state index is 2.61. The second kappa shape index (κ2) is 7.77. The maximum atomic E-state index is 2.61. The van der Waals surface area contributed by atoms with Crippen LogP contribution in [0.25, 0.3) is 0 Å². The molecule has 4 aliphatic carbocycles. The number of allylic oxidation sites excluding steroid dienone is 16. The van der Waals surface area contributed by atoms with Crippen molar-refractivity contribution in [2.45, 2.75) is 57.3 Å². The van der Waals surface area contributed by atoms with E-state index < -0.39 is 16.1 Å². The third-order valence-corrected chi connectivity index (χ3v) is 16.3. The van der Waals surface area contributed by atoms with Gasteiger partial charge in [-0.2, -0.15) is 0 Å². The van der Waals surface area contributed by atoms with Crippen LogP contribution in [0.15, 0.2) is 93.7 Å². The van der Waals surface area contributed by atoms with Gasteiger partial charge in [-0.15, -0.1) is 0 Å². The molecule has 4 aliphatic rings. The number of hydrogen-bond donors (Lipinski definition) is 0. The molecule has 0 aromatic carbocycles. The first-order chi connectivity index (χ1) is 13.1. The van der Waals surface area contributed by atoms with Crippen molar-refractivity contribution in [3.8, 4) is 0 Å². The predicted molar refractivity (Wildman–Crippen MR) is 125 cm³/mol. The van der Waals surface area contributed by atoms with Crippen LogP contribution in [0.2, 0.25) is 25.2 Å². The van der Waals surface area contributed by atoms with Gasteiger partial charge in [-0.1, -0.05) is 113 Å². The maximum Gasteiger partial charge on any atom is 0.114 e. The molecule has 0 heterocycles. The van der Waals surface area contributed by atoms with Gasteiger partial charge in [0.1, 0.15) is 16.1 Å². The Labute approximate surface area is 167 Å². The minimum absolute atomic E-state index is 1.14. The van der Waals surface area contributed by atoms with Crippen LogP contribution in [0.3, 0.4) is 0 Å². The van der Waals surface area contributed by atoms with Crippen molar-refractivity contribution in [2.24, 2.45) is 0 Å². The fourth-order valence-electron chi connectivity index (χ4n) is 5.18. The van der Waals surface area contributed by atoms with Crippen molar-refractivity contribution in [3.05, 3.63) is 93.7 Å². The van der Waals surface area contributed by atoms with E-state index >= 15 is 0 Å². The highest BCUT2D eigenvalue weighted by Gasteiger charge is 2.38. The third-order valence-electron chi connectivity index (χ3n) is 6.99. The first-order valence-electron chi connectivity index (χ1n) is 10.6. The zero-order valence-corrected chi connectivity index (χ0v) is 18.9. The Morgan fingerprint density at radius 1 is 0.556 bits per heavy atom. The lowest BCUT2D eigenvalue weighted by Gasteiger charge is -2.33. The van der Waals surface area contributed by atoms with E-state index in [0.29, 0.717) is 0 Å². The molecule has 0 fully saturated rings. The normalized spacial score (nSPS) is 21.1. The first-order valence-corrected chi connectivity index (χ1v) is 16.0. The van der Waals surface area contributed by atoms with Gasteiger partial charge in [-0.25, -0.2) is 0 Å². The lowest BCUT2D eigenvalue weighted by atomic mass is 10.5. The summed E-state index contributed by atoms with van der Waals surface area (Å²) < 4.78 is 0. The summed E-state index contributed by atoms with van der Waals surface area (Å²) in [4.78, 5) is 0. The van der Waals surface area contributed by atoms with Crippen molar-refractivity contribution in [1.82, 2.24) is 0 Å². The Bertz CT molecular complexity index is 710. The van der Waals surface area contributed by atoms with Crippen LogP contribution in [0.1, 0.15) is 32.1 Å². The zero-order valence-electron chi connectivity index (χ0n) is 16.9. The van der Waals surface area contributed by atoms with E-state index in [0.717, 1.165) is 25.7 Å². The Hall–Kier alpha value is -1.65. The van der Waals surface area contributed by atoms with Crippen molar-refractivity contribution in [3.63, 3.8) is 0 Å². The summed E-state index contributed by atoms with van der Waals surface area (Å²) >= 11 is 0. The molecule has 0 atom stereocenters. The molecule has 0 unspecified atom stereocenters. The fourth-order valence-corrected chi connectivity index (χ4v) is 13.3. The molecule has 0 aliphatic heterocycles. The van der Waals surface area contributed by atoms with E-state index in [-0.39, 0.29) is 0 Å². The Kier molecular flexibility index (Phi) is 5.38. The zero-order chi connectivity index (χ0) is 18.7. The average molecular weight is 389 g/mol. The van der Waals surface area contributed by atoms with Crippen LogP contribution in [-0.2, 0) is 0 Å². The van der Waals surface area contributed by atoms with Crippen LogP contribution in [0, 0.1) is 0 Å². The highest BCUT2D eigenvalue weighted by Crippen LogP contribution is 2.40. The van der Waals surface area contributed by atoms with Gasteiger partial charge in [0.05, 0.1) is 0 Å². The Morgan fingerprint density at radius 2 is 0.852 bits per heavy atom. The van der Waals surface area contributed by atoms with Gasteiger partial charge in [0.15, 0.2) is 0 Å². The quantitative estimate of drug-likeness (QED) is 0.384. The molecule has 0 N–H and O–H groups in total. The van der Waals surface area contributed by atoms with Crippen LogP contribution in [-0.4, -0.2) is 16.1 Å². The second-order valence-corrected chi connectivity index (χ2v) is 17.3. The topological polar surface area (TPSA) is 0 Å². The molecular formula is C25H32Si2. The molecule has 0 amide bonds. The minimum Gasteiger partial charge on any atom is -0.0811 e. The summed E-state index contributed by atoms with van der Waals surface area (Å²) in [7, 11) is -3.13. The molecule has 0 bridgehead atoms. The number of hydrogen-bond acceptors (Lipinski definition) is 0. The molecule has 140 valence electrons. The molecule has 4 rings (SSSR count). The SMILES string of the molecule is C[Si](CCC[Si](C)(C1=CCC=C1)C1=CCC=C1)(C1=CCC=C1)C1=CCC=C1. The molecule has 0 saturated heterocycles. The molecule has 0 aromatic rings. The van der Waals surface area contributed by atoms with Crippen LogP contribution >= 0.6 is 0 Å². The summed E-state index contributed by atoms with van der Waals surface area (Å²) in [6.07, 6.45) is 35.0. The van der Waals surface area contributed by atoms with Crippen LogP contribution in [0.4, 0.5) is 0 Å². The molecule has 2 heteroatoms. The number of rotatable bonds is 8. The van der Waals surface area contributed by atoms with Crippen molar-refractivity contribution < 1.29 is 0 Å². The molecule has 0 radical (unpaired) electrons. The van der Waals surface area contributed by atoms with E-state index in [2.05, 4.69) is 86.0 Å². The predicted octanol–water partition coefficient (Wildman–Crippen LogP) is 7.24. The van der Waals surface area contributed by atoms with Gasteiger partial charge in [-0.3, -0.25) is 0 Å². The largest absolute Gasteiger partial charge is 0.114 e. The van der Waals surface area contributed by atoms with Gasteiger partial charge in [-0.05, 0) is 37.8 Å². The molecule has 0 spiro atoms. The molecule has 0 saturated carbocycles. The second-order valence-electron chi connectivity index (χ2n) is 8.71. The highest BCUT2D eigenvalue weighted by molar-refractivity contribution is 6.94. The molecule has 0 aromatic heterocycles. The minimum atomic E-state index is -1.57. The Morgan fingerprint density at radius 3 is 1.07 bits per heavy atom. The van der Waals surface area contributed by atoms with Crippen molar-refractivity contribution in [1.29, 1.82) is 0 Å². The van der Waals surface area contributed by atoms with Crippen LogP contribution < -0.4 is 0 Å². The van der Waals surface area contributed by atoms with E-state index in [1.165, 1.54) is 18.5 Å². The van der Waals surface area contributed by atoms with E-state index in [1.54, 1.807) is 20.8 Å². The summed E-state index contributed by atoms with van der Waals surface area (Å²) in [5.41, 5.74) is 0. The highest BCUT2D eigenvalue weighted by atomic mass is 28.3. The lowest BCUT2D eigenvalue weighted by molar-refractivity contribution is 1.02. The summed E-state index contributed by atoms with van der Waals surface area (Å²) in [5.74, 6) is 0. The van der Waals surface area contributed by atoms with Gasteiger partial charge in [0.2, 0.25) is 0 Å². The summed E-state index contributed by atoms with van der Waals surface area (Å²) in [5, 5.41) is 6.68. The van der Waals surface area contributed by atoms with Gasteiger partial charge in [0.25, 0.3) is 0 Å². The molecular weight excluding hydrogens is 356 g/mol. The van der Waals surface area contributed by atoms with Crippen LogP contribution in [0.5, 0.6) is 0 Å². The van der Waals surface area contributed by atoms with E-state index in [9.17, 15) is 0 Å². The summed E-state index contributed by atoms with van der Waals surface area (Å²) in [6.45, 7) is 5.22. The van der Waals surface area contributed by atoms with Gasteiger partial charge >= 0.3 is 0 Å². The molecule has 27 heavy (non-hydrogen) atoms. The molecule has 0 nitrogen and oxygen atoms in total. The van der Waals surface area contributed by atoms with E-state index in [1.807, 2.05) is 0 Å². The van der Waals surface area contributed by atoms with Gasteiger partial charge in [0, 0.05) is 0 Å². The lowest BCUT2D eigenvalue weighted by Crippen LogP contribution is -2.38. The standard InChI is InChI=1S/C25H32Si2/c1-26(22-12-3-4-13-22,23-14-5-6-15-23)20-11-21-27(2,24-16-7-8-17-24)25-18-9-10-19-25/h3,5,7,9,12-19H,4,6,8,10-11,20-21H2,1-2H3. The van der Waals surface area contributed by atoms with Gasteiger partial charge < -0.3 is 0 Å². The van der Waals surface area contributed by atoms with Crippen molar-refractivity contribution in [2.75, 3.05) is 0 Å². The monoisotopic (exact) mass is 388 g/mol. The van der Waals surface area contributed by atoms with Crippen molar-refractivity contribution >= 4 is 16.1 Å². The summed E-state index contributed by atoms with van der Waals surface area (Å²) in [6, 6.07) is 2.77. The van der Waals surface area contributed by atoms with E-state index in [4.69, 9.17) is 0 Å².